The van der Waals surface area contributed by atoms with Crippen LogP contribution in [0, 0.1) is 0 Å². The summed E-state index contributed by atoms with van der Waals surface area (Å²) in [5, 5.41) is 10.6. The number of hydrogen-bond donors (Lipinski definition) is 1. The molecule has 1 aliphatic heterocycles. The normalized spacial score (nSPS) is 16.3. The van der Waals surface area contributed by atoms with Gasteiger partial charge in [0.2, 0.25) is 0 Å². The first-order chi connectivity index (χ1) is 14.0. The molecule has 2 aromatic carbocycles. The Kier molecular flexibility index (Phi) is 6.22. The number of amides is 1. The highest BCUT2D eigenvalue weighted by Gasteiger charge is 2.44. The minimum Gasteiger partial charge on any atom is -0.503 e. The number of ether oxygens (including phenoxy) is 2. The van der Waals surface area contributed by atoms with Crippen LogP contribution in [0.1, 0.15) is 38.3 Å². The lowest BCUT2D eigenvalue weighted by Crippen LogP contribution is -2.31. The Morgan fingerprint density at radius 2 is 1.83 bits per heavy atom. The molecule has 152 valence electrons. The summed E-state index contributed by atoms with van der Waals surface area (Å²) >= 11 is 0. The van der Waals surface area contributed by atoms with Gasteiger partial charge in [-0.1, -0.05) is 32.0 Å². The third-order valence-electron chi connectivity index (χ3n) is 4.81. The minimum absolute atomic E-state index is 0.105. The zero-order valence-electron chi connectivity index (χ0n) is 16.8. The largest absolute Gasteiger partial charge is 0.503 e. The monoisotopic (exact) mass is 395 g/mol. The fourth-order valence-corrected chi connectivity index (χ4v) is 3.42. The van der Waals surface area contributed by atoms with E-state index >= 15 is 0 Å². The SMILES string of the molecule is CCCOc1cccc(C2C(C(=O)CC)=C(O)C(=O)N2c2cccc(OC)c2)c1. The van der Waals surface area contributed by atoms with Crippen LogP contribution in [-0.2, 0) is 9.59 Å². The fraction of sp³-hybridized carbons (Fsp3) is 0.304. The van der Waals surface area contributed by atoms with E-state index in [2.05, 4.69) is 0 Å². The van der Waals surface area contributed by atoms with Crippen molar-refractivity contribution in [1.82, 2.24) is 0 Å². The zero-order chi connectivity index (χ0) is 21.0. The summed E-state index contributed by atoms with van der Waals surface area (Å²) in [7, 11) is 1.54. The van der Waals surface area contributed by atoms with Crippen molar-refractivity contribution in [2.75, 3.05) is 18.6 Å². The molecule has 0 aliphatic carbocycles. The topological polar surface area (TPSA) is 76.1 Å². The van der Waals surface area contributed by atoms with Crippen LogP contribution in [0.2, 0.25) is 0 Å². The number of ketones is 1. The summed E-state index contributed by atoms with van der Waals surface area (Å²) in [5.41, 5.74) is 1.33. The maximum absolute atomic E-state index is 13.0. The average Bonchev–Trinajstić information content (AvgIpc) is 3.02. The Morgan fingerprint density at radius 3 is 2.52 bits per heavy atom. The first-order valence-corrected chi connectivity index (χ1v) is 9.68. The van der Waals surface area contributed by atoms with Crippen LogP contribution in [0.25, 0.3) is 0 Å². The number of benzene rings is 2. The number of hydrogen-bond acceptors (Lipinski definition) is 5. The molecule has 0 aromatic heterocycles. The molecule has 3 rings (SSSR count). The number of methoxy groups -OCH3 is 1. The number of rotatable bonds is 8. The summed E-state index contributed by atoms with van der Waals surface area (Å²) in [6.07, 6.45) is 1.05. The van der Waals surface area contributed by atoms with E-state index in [1.54, 1.807) is 38.3 Å². The van der Waals surface area contributed by atoms with E-state index < -0.39 is 17.7 Å². The molecule has 6 nitrogen and oxygen atoms in total. The third kappa shape index (κ3) is 3.97. The molecule has 0 fully saturated rings. The molecule has 1 N–H and O–H groups in total. The lowest BCUT2D eigenvalue weighted by atomic mass is 9.94. The predicted molar refractivity (Wildman–Crippen MR) is 110 cm³/mol. The number of anilines is 1. The molecular weight excluding hydrogens is 370 g/mol. The average molecular weight is 395 g/mol. The van der Waals surface area contributed by atoms with Crippen molar-refractivity contribution in [3.63, 3.8) is 0 Å². The quantitative estimate of drug-likeness (QED) is 0.719. The first kappa shape index (κ1) is 20.5. The molecule has 1 unspecified atom stereocenters. The smallest absolute Gasteiger partial charge is 0.294 e. The number of nitrogens with zero attached hydrogens (tertiary/aromatic N) is 1. The van der Waals surface area contributed by atoms with Gasteiger partial charge in [-0.05, 0) is 36.2 Å². The Labute approximate surface area is 170 Å². The second kappa shape index (κ2) is 8.82. The van der Waals surface area contributed by atoms with Gasteiger partial charge in [-0.2, -0.15) is 0 Å². The second-order valence-electron chi connectivity index (χ2n) is 6.74. The van der Waals surface area contributed by atoms with Gasteiger partial charge < -0.3 is 14.6 Å². The van der Waals surface area contributed by atoms with Crippen molar-refractivity contribution in [2.45, 2.75) is 32.7 Å². The lowest BCUT2D eigenvalue weighted by molar-refractivity contribution is -0.118. The highest BCUT2D eigenvalue weighted by Crippen LogP contribution is 2.42. The number of carbonyl (C=O) groups is 2. The van der Waals surface area contributed by atoms with Gasteiger partial charge in [0, 0.05) is 18.2 Å². The van der Waals surface area contributed by atoms with Crippen molar-refractivity contribution in [2.24, 2.45) is 0 Å². The maximum atomic E-state index is 13.0. The molecule has 0 bridgehead atoms. The molecule has 1 amide bonds. The molecule has 1 aliphatic rings. The summed E-state index contributed by atoms with van der Waals surface area (Å²) in [6, 6.07) is 13.5. The van der Waals surface area contributed by atoms with Crippen LogP contribution in [0.5, 0.6) is 11.5 Å². The van der Waals surface area contributed by atoms with Crippen molar-refractivity contribution in [1.29, 1.82) is 0 Å². The summed E-state index contributed by atoms with van der Waals surface area (Å²) in [4.78, 5) is 27.1. The Morgan fingerprint density at radius 1 is 1.10 bits per heavy atom. The number of carbonyl (C=O) groups excluding carboxylic acids is 2. The zero-order valence-corrected chi connectivity index (χ0v) is 16.8. The van der Waals surface area contributed by atoms with Gasteiger partial charge >= 0.3 is 0 Å². The molecule has 1 heterocycles. The van der Waals surface area contributed by atoms with Gasteiger partial charge in [0.05, 0.1) is 25.3 Å². The maximum Gasteiger partial charge on any atom is 0.294 e. The van der Waals surface area contributed by atoms with E-state index in [1.165, 1.54) is 4.90 Å². The van der Waals surface area contributed by atoms with E-state index in [0.29, 0.717) is 29.4 Å². The number of aliphatic hydroxyl groups is 1. The van der Waals surface area contributed by atoms with E-state index in [9.17, 15) is 14.7 Å². The van der Waals surface area contributed by atoms with Gasteiger partial charge in [-0.15, -0.1) is 0 Å². The van der Waals surface area contributed by atoms with Crippen molar-refractivity contribution < 1.29 is 24.2 Å². The second-order valence-corrected chi connectivity index (χ2v) is 6.74. The van der Waals surface area contributed by atoms with Gasteiger partial charge in [-0.25, -0.2) is 0 Å². The van der Waals surface area contributed by atoms with Crippen molar-refractivity contribution in [3.8, 4) is 11.5 Å². The van der Waals surface area contributed by atoms with E-state index in [0.717, 1.165) is 6.42 Å². The highest BCUT2D eigenvalue weighted by atomic mass is 16.5. The third-order valence-corrected chi connectivity index (χ3v) is 4.81. The highest BCUT2D eigenvalue weighted by molar-refractivity contribution is 6.16. The molecule has 0 saturated carbocycles. The Balaban J connectivity index is 2.13. The summed E-state index contributed by atoms with van der Waals surface area (Å²) < 4.78 is 11.0. The fourth-order valence-electron chi connectivity index (χ4n) is 3.42. The Bertz CT molecular complexity index is 950. The molecule has 0 spiro atoms. The summed E-state index contributed by atoms with van der Waals surface area (Å²) in [6.45, 7) is 4.29. The van der Waals surface area contributed by atoms with Crippen LogP contribution in [0.3, 0.4) is 0 Å². The Hall–Kier alpha value is -3.28. The van der Waals surface area contributed by atoms with Crippen LogP contribution in [-0.4, -0.2) is 30.5 Å². The number of aliphatic hydroxyl groups excluding tert-OH is 1. The van der Waals surface area contributed by atoms with E-state index in [1.807, 2.05) is 31.2 Å². The minimum atomic E-state index is -0.743. The lowest BCUT2D eigenvalue weighted by Gasteiger charge is -2.27. The molecule has 2 aromatic rings. The van der Waals surface area contributed by atoms with Crippen LogP contribution in [0.15, 0.2) is 59.9 Å². The van der Waals surface area contributed by atoms with E-state index in [4.69, 9.17) is 9.47 Å². The number of Topliss-reactive ketones (excluding diaryl/α,β-unsaturated/α-hetero) is 1. The summed E-state index contributed by atoms with van der Waals surface area (Å²) in [5.74, 6) is -0.170. The van der Waals surface area contributed by atoms with Crippen LogP contribution >= 0.6 is 0 Å². The standard InChI is InChI=1S/C23H25NO5/c1-4-12-29-18-11-6-8-15(13-18)21-20(19(25)5-2)22(26)23(27)24(21)16-9-7-10-17(14-16)28-3/h6-11,13-14,21,26H,4-5,12H2,1-3H3. The van der Waals surface area contributed by atoms with Gasteiger partial charge in [0.15, 0.2) is 11.5 Å². The molecule has 6 heteroatoms. The predicted octanol–water partition coefficient (Wildman–Crippen LogP) is 4.36. The van der Waals surface area contributed by atoms with Crippen molar-refractivity contribution in [3.05, 3.63) is 65.4 Å². The molecule has 0 saturated heterocycles. The van der Waals surface area contributed by atoms with Crippen LogP contribution in [0.4, 0.5) is 5.69 Å². The van der Waals surface area contributed by atoms with Crippen LogP contribution < -0.4 is 14.4 Å². The van der Waals surface area contributed by atoms with Gasteiger partial charge in [0.1, 0.15) is 11.5 Å². The van der Waals surface area contributed by atoms with E-state index in [-0.39, 0.29) is 17.8 Å². The molecule has 29 heavy (non-hydrogen) atoms. The molecular formula is C23H25NO5. The van der Waals surface area contributed by atoms with Gasteiger partial charge in [-0.3, -0.25) is 14.5 Å². The van der Waals surface area contributed by atoms with Crippen molar-refractivity contribution >= 4 is 17.4 Å². The first-order valence-electron chi connectivity index (χ1n) is 9.68. The molecule has 1 atom stereocenters. The molecule has 0 radical (unpaired) electrons. The van der Waals surface area contributed by atoms with Gasteiger partial charge in [0.25, 0.3) is 5.91 Å².